The van der Waals surface area contributed by atoms with Gasteiger partial charge < -0.3 is 4.57 Å². The Morgan fingerprint density at radius 3 is 3.07 bits per heavy atom. The fourth-order valence-corrected chi connectivity index (χ4v) is 2.08. The lowest BCUT2D eigenvalue weighted by Crippen LogP contribution is -2.09. The molecule has 3 rings (SSSR count). The van der Waals surface area contributed by atoms with Crippen molar-refractivity contribution in [2.45, 2.75) is 13.0 Å². The number of imidazole rings is 1. The van der Waals surface area contributed by atoms with Crippen molar-refractivity contribution >= 4 is 6.29 Å². The first-order chi connectivity index (χ1) is 7.38. The van der Waals surface area contributed by atoms with Gasteiger partial charge in [0, 0.05) is 18.3 Å². The van der Waals surface area contributed by atoms with Crippen molar-refractivity contribution in [1.29, 1.82) is 0 Å². The lowest BCUT2D eigenvalue weighted by molar-refractivity contribution is 0.111. The van der Waals surface area contributed by atoms with E-state index in [4.69, 9.17) is 0 Å². The maximum Gasteiger partial charge on any atom is 0.170 e. The third-order valence-electron chi connectivity index (χ3n) is 2.80. The molecule has 1 aromatic carbocycles. The number of nitrogens with zero attached hydrogens (tertiary/aromatic N) is 2. The van der Waals surface area contributed by atoms with Crippen LogP contribution in [-0.2, 0) is 13.0 Å². The minimum atomic E-state index is 0.515. The van der Waals surface area contributed by atoms with Crippen molar-refractivity contribution in [3.05, 3.63) is 41.7 Å². The minimum absolute atomic E-state index is 0.515. The summed E-state index contributed by atoms with van der Waals surface area (Å²) < 4.78 is 2.05. The molecule has 2 aromatic rings. The fourth-order valence-electron chi connectivity index (χ4n) is 2.08. The van der Waals surface area contributed by atoms with Crippen LogP contribution in [0.15, 0.2) is 30.5 Å². The van der Waals surface area contributed by atoms with Crippen LogP contribution in [0.5, 0.6) is 0 Å². The summed E-state index contributed by atoms with van der Waals surface area (Å²) in [6, 6.07) is 8.22. The quantitative estimate of drug-likeness (QED) is 0.656. The number of fused-ring (bicyclic) bond motifs is 3. The van der Waals surface area contributed by atoms with Crippen molar-refractivity contribution in [3.8, 4) is 11.4 Å². The average molecular weight is 198 g/mol. The van der Waals surface area contributed by atoms with Crippen LogP contribution >= 0.6 is 0 Å². The molecular weight excluding hydrogens is 188 g/mol. The lowest BCUT2D eigenvalue weighted by Gasteiger charge is -2.17. The second kappa shape index (κ2) is 3.05. The van der Waals surface area contributed by atoms with Gasteiger partial charge >= 0.3 is 0 Å². The summed E-state index contributed by atoms with van der Waals surface area (Å²) in [6.45, 7) is 0.910. The molecule has 1 aliphatic rings. The van der Waals surface area contributed by atoms with Crippen molar-refractivity contribution < 1.29 is 4.79 Å². The number of aromatic nitrogens is 2. The number of carbonyl (C=O) groups is 1. The summed E-state index contributed by atoms with van der Waals surface area (Å²) in [4.78, 5) is 15.0. The molecule has 74 valence electrons. The third kappa shape index (κ3) is 1.20. The summed E-state index contributed by atoms with van der Waals surface area (Å²) in [7, 11) is 0. The van der Waals surface area contributed by atoms with Gasteiger partial charge in [-0.2, -0.15) is 0 Å². The largest absolute Gasteiger partial charge is 0.330 e. The van der Waals surface area contributed by atoms with Gasteiger partial charge in [-0.25, -0.2) is 4.98 Å². The van der Waals surface area contributed by atoms with Crippen LogP contribution in [0.25, 0.3) is 11.4 Å². The maximum atomic E-state index is 10.7. The Bertz CT molecular complexity index is 528. The Kier molecular flexibility index (Phi) is 1.71. The predicted octanol–water partition coefficient (Wildman–Crippen LogP) is 1.92. The van der Waals surface area contributed by atoms with Crippen LogP contribution in [0.2, 0.25) is 0 Å². The van der Waals surface area contributed by atoms with E-state index < -0.39 is 0 Å². The highest BCUT2D eigenvalue weighted by Gasteiger charge is 2.17. The number of hydrogen-bond acceptors (Lipinski definition) is 2. The summed E-state index contributed by atoms with van der Waals surface area (Å²) in [5, 5.41) is 0. The van der Waals surface area contributed by atoms with E-state index in [1.54, 1.807) is 0 Å². The molecule has 15 heavy (non-hydrogen) atoms. The monoisotopic (exact) mass is 198 g/mol. The van der Waals surface area contributed by atoms with Crippen molar-refractivity contribution in [2.75, 3.05) is 0 Å². The zero-order chi connectivity index (χ0) is 10.3. The number of aldehydes is 1. The molecule has 0 amide bonds. The second-order valence-corrected chi connectivity index (χ2v) is 3.71. The normalized spacial score (nSPS) is 13.1. The smallest absolute Gasteiger partial charge is 0.170 e. The highest BCUT2D eigenvalue weighted by molar-refractivity contribution is 5.74. The van der Waals surface area contributed by atoms with Crippen LogP contribution in [0, 0.1) is 0 Å². The van der Waals surface area contributed by atoms with Gasteiger partial charge in [0.05, 0.1) is 0 Å². The molecular formula is C12H10N2O. The molecule has 3 heteroatoms. The van der Waals surface area contributed by atoms with Gasteiger partial charge in [0.15, 0.2) is 6.29 Å². The van der Waals surface area contributed by atoms with Gasteiger partial charge in [0.2, 0.25) is 0 Å². The first kappa shape index (κ1) is 8.41. The summed E-state index contributed by atoms with van der Waals surface area (Å²) >= 11 is 0. The Morgan fingerprint density at radius 1 is 1.33 bits per heavy atom. The van der Waals surface area contributed by atoms with Crippen molar-refractivity contribution in [3.63, 3.8) is 0 Å². The van der Waals surface area contributed by atoms with Gasteiger partial charge in [0.25, 0.3) is 0 Å². The number of benzene rings is 1. The van der Waals surface area contributed by atoms with Crippen LogP contribution in [0.3, 0.4) is 0 Å². The number of hydrogen-bond donors (Lipinski definition) is 0. The Balaban J connectivity index is 2.24. The highest BCUT2D eigenvalue weighted by Crippen LogP contribution is 2.27. The Labute approximate surface area is 87.4 Å². The standard InChI is InChI=1S/C12H10N2O/c15-8-10-7-14-6-5-9-3-1-2-4-11(9)12(14)13-10/h1-4,7-8H,5-6H2. The van der Waals surface area contributed by atoms with E-state index in [0.29, 0.717) is 5.69 Å². The number of aryl methyl sites for hydroxylation is 2. The van der Waals surface area contributed by atoms with E-state index in [1.807, 2.05) is 22.9 Å². The minimum Gasteiger partial charge on any atom is -0.330 e. The van der Waals surface area contributed by atoms with Crippen molar-refractivity contribution in [1.82, 2.24) is 9.55 Å². The number of rotatable bonds is 1. The summed E-state index contributed by atoms with van der Waals surface area (Å²) in [6.07, 6.45) is 3.63. The molecule has 0 spiro atoms. The number of carbonyl (C=O) groups excluding carboxylic acids is 1. The second-order valence-electron chi connectivity index (χ2n) is 3.71. The third-order valence-corrected chi connectivity index (χ3v) is 2.80. The van der Waals surface area contributed by atoms with Crippen LogP contribution in [0.1, 0.15) is 16.1 Å². The summed E-state index contributed by atoms with van der Waals surface area (Å²) in [5.41, 5.74) is 2.98. The van der Waals surface area contributed by atoms with Gasteiger partial charge in [0.1, 0.15) is 11.5 Å². The zero-order valence-corrected chi connectivity index (χ0v) is 8.18. The highest BCUT2D eigenvalue weighted by atomic mass is 16.1. The fraction of sp³-hybridized carbons (Fsp3) is 0.167. The zero-order valence-electron chi connectivity index (χ0n) is 8.18. The average Bonchev–Trinajstić information content (AvgIpc) is 2.72. The van der Waals surface area contributed by atoms with E-state index in [2.05, 4.69) is 17.1 Å². The molecule has 0 aliphatic carbocycles. The maximum absolute atomic E-state index is 10.7. The predicted molar refractivity (Wildman–Crippen MR) is 56.8 cm³/mol. The molecule has 0 fully saturated rings. The lowest BCUT2D eigenvalue weighted by atomic mass is 10.0. The van der Waals surface area contributed by atoms with E-state index in [9.17, 15) is 4.79 Å². The molecule has 3 nitrogen and oxygen atoms in total. The van der Waals surface area contributed by atoms with E-state index in [0.717, 1.165) is 30.6 Å². The van der Waals surface area contributed by atoms with E-state index in [1.165, 1.54) is 5.56 Å². The summed E-state index contributed by atoms with van der Waals surface area (Å²) in [5.74, 6) is 0.916. The first-order valence-electron chi connectivity index (χ1n) is 4.99. The molecule has 0 radical (unpaired) electrons. The van der Waals surface area contributed by atoms with Crippen LogP contribution < -0.4 is 0 Å². The van der Waals surface area contributed by atoms with Gasteiger partial charge in [-0.05, 0) is 12.0 Å². The SMILES string of the molecule is O=Cc1cn2c(n1)-c1ccccc1CC2. The topological polar surface area (TPSA) is 34.9 Å². The van der Waals surface area contributed by atoms with E-state index in [-0.39, 0.29) is 0 Å². The van der Waals surface area contributed by atoms with Gasteiger partial charge in [-0.1, -0.05) is 24.3 Å². The first-order valence-corrected chi connectivity index (χ1v) is 4.99. The molecule has 1 aliphatic heterocycles. The molecule has 0 saturated heterocycles. The van der Waals surface area contributed by atoms with Crippen molar-refractivity contribution in [2.24, 2.45) is 0 Å². The van der Waals surface area contributed by atoms with E-state index >= 15 is 0 Å². The Morgan fingerprint density at radius 2 is 2.20 bits per heavy atom. The molecule has 0 unspecified atom stereocenters. The van der Waals surface area contributed by atoms with Crippen LogP contribution in [0.4, 0.5) is 0 Å². The van der Waals surface area contributed by atoms with Gasteiger partial charge in [-0.15, -0.1) is 0 Å². The Hall–Kier alpha value is -1.90. The molecule has 1 aromatic heterocycles. The molecule has 0 bridgehead atoms. The van der Waals surface area contributed by atoms with Gasteiger partial charge in [-0.3, -0.25) is 4.79 Å². The molecule has 0 saturated carbocycles. The molecule has 2 heterocycles. The van der Waals surface area contributed by atoms with Crippen LogP contribution in [-0.4, -0.2) is 15.8 Å². The molecule has 0 N–H and O–H groups in total. The molecule has 0 atom stereocenters.